The fraction of sp³-hybridized carbons (Fsp3) is 0.364. The van der Waals surface area contributed by atoms with Crippen molar-refractivity contribution in [2.45, 2.75) is 18.4 Å². The van der Waals surface area contributed by atoms with Crippen LogP contribution in [0.4, 0.5) is 14.5 Å². The molecule has 0 aliphatic carbocycles. The molecule has 1 aromatic carbocycles. The number of carbonyl (C=O) groups is 1. The molecule has 0 bridgehead atoms. The number of esters is 1. The second-order valence-electron chi connectivity index (χ2n) is 3.94. The van der Waals surface area contributed by atoms with Gasteiger partial charge in [-0.2, -0.15) is 8.78 Å². The lowest BCUT2D eigenvalue weighted by Gasteiger charge is -2.12. The lowest BCUT2D eigenvalue weighted by atomic mass is 10.2. The minimum absolute atomic E-state index is 0.154. The standard InChI is InChI=1S/C11H9Br2F2NO2/c12-6-1-2-9(8(13)3-6)16-5-7-4-11(14,15)10(17)18-7/h1-3,7,16H,4-5H2. The molecule has 1 aliphatic heterocycles. The van der Waals surface area contributed by atoms with Crippen molar-refractivity contribution in [3.63, 3.8) is 0 Å². The van der Waals surface area contributed by atoms with Gasteiger partial charge in [-0.3, -0.25) is 0 Å². The van der Waals surface area contributed by atoms with Crippen molar-refractivity contribution in [2.24, 2.45) is 0 Å². The highest BCUT2D eigenvalue weighted by molar-refractivity contribution is 9.11. The summed E-state index contributed by atoms with van der Waals surface area (Å²) in [6.45, 7) is 0.154. The van der Waals surface area contributed by atoms with E-state index in [1.54, 1.807) is 6.07 Å². The van der Waals surface area contributed by atoms with E-state index in [0.717, 1.165) is 14.6 Å². The van der Waals surface area contributed by atoms with E-state index in [0.29, 0.717) is 0 Å². The van der Waals surface area contributed by atoms with Gasteiger partial charge in [0.05, 0.1) is 13.0 Å². The van der Waals surface area contributed by atoms with Gasteiger partial charge in [-0.25, -0.2) is 4.79 Å². The van der Waals surface area contributed by atoms with E-state index < -0.39 is 24.4 Å². The Morgan fingerprint density at radius 2 is 2.17 bits per heavy atom. The molecule has 0 saturated carbocycles. The second-order valence-corrected chi connectivity index (χ2v) is 5.71. The van der Waals surface area contributed by atoms with Crippen LogP contribution in [-0.2, 0) is 9.53 Å². The number of halogens is 4. The quantitative estimate of drug-likeness (QED) is 0.809. The summed E-state index contributed by atoms with van der Waals surface area (Å²) in [6, 6.07) is 5.45. The van der Waals surface area contributed by atoms with Gasteiger partial charge in [0.25, 0.3) is 0 Å². The number of nitrogens with one attached hydrogen (secondary N) is 1. The smallest absolute Gasteiger partial charge is 0.377 e. The molecule has 1 atom stereocenters. The van der Waals surface area contributed by atoms with Gasteiger partial charge in [0.1, 0.15) is 6.10 Å². The fourth-order valence-electron chi connectivity index (χ4n) is 1.62. The third-order valence-corrected chi connectivity index (χ3v) is 3.66. The Hall–Kier alpha value is -0.690. The monoisotopic (exact) mass is 383 g/mol. The molecule has 7 heteroatoms. The van der Waals surface area contributed by atoms with E-state index in [1.165, 1.54) is 0 Å². The summed E-state index contributed by atoms with van der Waals surface area (Å²) in [5.74, 6) is -4.80. The largest absolute Gasteiger partial charge is 0.456 e. The van der Waals surface area contributed by atoms with E-state index >= 15 is 0 Å². The van der Waals surface area contributed by atoms with Gasteiger partial charge < -0.3 is 10.1 Å². The number of hydrogen-bond donors (Lipinski definition) is 1. The van der Waals surface area contributed by atoms with Crippen LogP contribution in [-0.4, -0.2) is 24.5 Å². The summed E-state index contributed by atoms with van der Waals surface area (Å²) >= 11 is 6.65. The first-order chi connectivity index (χ1) is 8.38. The Morgan fingerprint density at radius 1 is 1.44 bits per heavy atom. The Bertz CT molecular complexity index is 482. The summed E-state index contributed by atoms with van der Waals surface area (Å²) in [5.41, 5.74) is 0.754. The minimum atomic E-state index is -3.36. The first-order valence-electron chi connectivity index (χ1n) is 5.16. The highest BCUT2D eigenvalue weighted by atomic mass is 79.9. The Balaban J connectivity index is 1.95. The van der Waals surface area contributed by atoms with Gasteiger partial charge in [-0.15, -0.1) is 0 Å². The molecular weight excluding hydrogens is 376 g/mol. The molecule has 0 aromatic heterocycles. The van der Waals surface area contributed by atoms with Crippen LogP contribution in [0.2, 0.25) is 0 Å². The average Bonchev–Trinajstić information content (AvgIpc) is 2.51. The maximum atomic E-state index is 12.9. The molecule has 1 heterocycles. The molecule has 0 amide bonds. The number of rotatable bonds is 3. The molecule has 2 rings (SSSR count). The minimum Gasteiger partial charge on any atom is -0.456 e. The highest BCUT2D eigenvalue weighted by Crippen LogP contribution is 2.32. The molecule has 18 heavy (non-hydrogen) atoms. The van der Waals surface area contributed by atoms with Gasteiger partial charge >= 0.3 is 11.9 Å². The molecule has 1 aliphatic rings. The third kappa shape index (κ3) is 3.00. The zero-order valence-electron chi connectivity index (χ0n) is 9.05. The van der Waals surface area contributed by atoms with Gasteiger partial charge in [-0.1, -0.05) is 15.9 Å². The summed E-state index contributed by atoms with van der Waals surface area (Å²) in [7, 11) is 0. The van der Waals surface area contributed by atoms with Crippen molar-refractivity contribution in [1.29, 1.82) is 0 Å². The number of ether oxygens (including phenoxy) is 1. The Labute approximate surface area is 119 Å². The normalized spacial score (nSPS) is 21.8. The molecule has 0 radical (unpaired) electrons. The van der Waals surface area contributed by atoms with Crippen molar-refractivity contribution in [3.05, 3.63) is 27.1 Å². The molecule has 1 fully saturated rings. The Morgan fingerprint density at radius 3 is 2.72 bits per heavy atom. The van der Waals surface area contributed by atoms with Crippen LogP contribution in [0.3, 0.4) is 0 Å². The maximum absolute atomic E-state index is 12.9. The maximum Gasteiger partial charge on any atom is 0.377 e. The zero-order chi connectivity index (χ0) is 13.3. The molecule has 1 aromatic rings. The zero-order valence-corrected chi connectivity index (χ0v) is 12.2. The van der Waals surface area contributed by atoms with Crippen molar-refractivity contribution in [3.8, 4) is 0 Å². The van der Waals surface area contributed by atoms with Crippen LogP contribution >= 0.6 is 31.9 Å². The molecule has 3 nitrogen and oxygen atoms in total. The first-order valence-corrected chi connectivity index (χ1v) is 6.75. The number of benzene rings is 1. The first kappa shape index (κ1) is 13.7. The summed E-state index contributed by atoms with van der Waals surface area (Å²) in [5, 5.41) is 2.96. The van der Waals surface area contributed by atoms with E-state index in [4.69, 9.17) is 0 Å². The topological polar surface area (TPSA) is 38.3 Å². The molecular formula is C11H9Br2F2NO2. The van der Waals surface area contributed by atoms with Crippen molar-refractivity contribution in [1.82, 2.24) is 0 Å². The molecule has 1 unspecified atom stereocenters. The highest BCUT2D eigenvalue weighted by Gasteiger charge is 2.50. The van der Waals surface area contributed by atoms with Crippen LogP contribution < -0.4 is 5.32 Å². The third-order valence-electron chi connectivity index (χ3n) is 2.51. The van der Waals surface area contributed by atoms with E-state index in [-0.39, 0.29) is 6.54 Å². The van der Waals surface area contributed by atoms with Crippen LogP contribution in [0.1, 0.15) is 6.42 Å². The van der Waals surface area contributed by atoms with E-state index in [9.17, 15) is 13.6 Å². The summed E-state index contributed by atoms with van der Waals surface area (Å²) in [4.78, 5) is 10.8. The van der Waals surface area contributed by atoms with Gasteiger partial charge in [0, 0.05) is 14.6 Å². The fourth-order valence-corrected chi connectivity index (χ4v) is 2.81. The molecule has 1 saturated heterocycles. The van der Waals surface area contributed by atoms with Crippen molar-refractivity contribution in [2.75, 3.05) is 11.9 Å². The predicted molar refractivity (Wildman–Crippen MR) is 69.8 cm³/mol. The van der Waals surface area contributed by atoms with Crippen LogP contribution in [0.5, 0.6) is 0 Å². The predicted octanol–water partition coefficient (Wildman–Crippen LogP) is 3.57. The Kier molecular flexibility index (Phi) is 3.91. The summed E-state index contributed by atoms with van der Waals surface area (Å²) in [6.07, 6.45) is -1.38. The van der Waals surface area contributed by atoms with Gasteiger partial charge in [0.15, 0.2) is 0 Å². The van der Waals surface area contributed by atoms with E-state index in [2.05, 4.69) is 41.9 Å². The molecule has 0 spiro atoms. The number of carbonyl (C=O) groups excluding carboxylic acids is 1. The van der Waals surface area contributed by atoms with Crippen molar-refractivity contribution < 1.29 is 18.3 Å². The second kappa shape index (κ2) is 5.13. The molecule has 1 N–H and O–H groups in total. The SMILES string of the molecule is O=C1OC(CNc2ccc(Br)cc2Br)CC1(F)F. The van der Waals surface area contributed by atoms with Crippen LogP contribution in [0.15, 0.2) is 27.1 Å². The lowest BCUT2D eigenvalue weighted by Crippen LogP contribution is -2.22. The average molecular weight is 385 g/mol. The van der Waals surface area contributed by atoms with Crippen molar-refractivity contribution >= 4 is 43.5 Å². The van der Waals surface area contributed by atoms with E-state index in [1.807, 2.05) is 12.1 Å². The number of anilines is 1. The summed E-state index contributed by atoms with van der Waals surface area (Å²) < 4.78 is 32.1. The van der Waals surface area contributed by atoms with Gasteiger partial charge in [0.2, 0.25) is 0 Å². The number of hydrogen-bond acceptors (Lipinski definition) is 3. The number of cyclic esters (lactones) is 1. The lowest BCUT2D eigenvalue weighted by molar-refractivity contribution is -0.158. The van der Waals surface area contributed by atoms with Crippen LogP contribution in [0, 0.1) is 0 Å². The van der Waals surface area contributed by atoms with Crippen LogP contribution in [0.25, 0.3) is 0 Å². The number of alkyl halides is 2. The van der Waals surface area contributed by atoms with Gasteiger partial charge in [-0.05, 0) is 34.1 Å². The molecule has 98 valence electrons.